The molecule has 0 aromatic heterocycles. The van der Waals surface area contributed by atoms with Crippen molar-refractivity contribution in [3.63, 3.8) is 0 Å². The molecule has 0 aliphatic rings. The molecule has 0 saturated carbocycles. The summed E-state index contributed by atoms with van der Waals surface area (Å²) in [6, 6.07) is -1.41. The maximum atomic E-state index is 12.1. The van der Waals surface area contributed by atoms with Crippen molar-refractivity contribution >= 4 is 36.1 Å². The van der Waals surface area contributed by atoms with Gasteiger partial charge in [-0.15, -0.1) is 0 Å². The summed E-state index contributed by atoms with van der Waals surface area (Å²) in [4.78, 5) is 66.8. The molecule has 206 valence electrons. The van der Waals surface area contributed by atoms with E-state index in [1.807, 2.05) is 0 Å². The van der Waals surface area contributed by atoms with Crippen molar-refractivity contribution in [3.05, 3.63) is 0 Å². The molecule has 16 nitrogen and oxygen atoms in total. The first-order valence-electron chi connectivity index (χ1n) is 11.0. The van der Waals surface area contributed by atoms with Crippen molar-refractivity contribution in [1.82, 2.24) is 21.3 Å². The van der Waals surface area contributed by atoms with Gasteiger partial charge in [-0.3, -0.25) is 28.8 Å². The highest BCUT2D eigenvalue weighted by molar-refractivity contribution is 5.93. The van der Waals surface area contributed by atoms with Gasteiger partial charge in [0.2, 0.25) is 24.1 Å². The quantitative estimate of drug-likeness (QED) is 0.0535. The molecule has 0 radical (unpaired) electrons. The van der Waals surface area contributed by atoms with Crippen molar-refractivity contribution in [1.29, 1.82) is 0 Å². The number of rotatable bonds is 24. The summed E-state index contributed by atoms with van der Waals surface area (Å²) in [7, 11) is 0. The third kappa shape index (κ3) is 21.2. The minimum atomic E-state index is -1.41. The molecule has 0 spiro atoms. The molecule has 1 unspecified atom stereocenters. The number of hydrogen-bond acceptors (Lipinski definition) is 10. The van der Waals surface area contributed by atoms with Gasteiger partial charge in [0.25, 0.3) is 0 Å². The molecule has 4 amide bonds. The zero-order valence-electron chi connectivity index (χ0n) is 19.8. The van der Waals surface area contributed by atoms with Gasteiger partial charge in [-0.05, 0) is 0 Å². The average molecular weight is 523 g/mol. The Hall–Kier alpha value is -3.34. The van der Waals surface area contributed by atoms with Crippen LogP contribution in [0.15, 0.2) is 0 Å². The van der Waals surface area contributed by atoms with E-state index in [0.717, 1.165) is 0 Å². The van der Waals surface area contributed by atoms with E-state index in [0.29, 0.717) is 33.0 Å². The number of hydrogen-bond donors (Lipinski definition) is 6. The highest BCUT2D eigenvalue weighted by atomic mass is 16.6. The summed E-state index contributed by atoms with van der Waals surface area (Å²) in [5, 5.41) is 26.3. The summed E-state index contributed by atoms with van der Waals surface area (Å²) in [6.07, 6.45) is -0.481. The SMILES string of the molecule is O=CNCC(=O)NC(CC(=O)O)C(=O)NCC(=O)NCCOCCOCCOCCOCCC(=O)O. The molecular weight excluding hydrogens is 488 g/mol. The molecule has 0 bridgehead atoms. The Labute approximate surface area is 207 Å². The first-order chi connectivity index (χ1) is 17.3. The van der Waals surface area contributed by atoms with E-state index in [-0.39, 0.29) is 39.2 Å². The Balaban J connectivity index is 3.75. The Morgan fingerprint density at radius 3 is 1.78 bits per heavy atom. The van der Waals surface area contributed by atoms with Crippen LogP contribution in [0, 0.1) is 0 Å². The second kappa shape index (κ2) is 22.1. The van der Waals surface area contributed by atoms with Gasteiger partial charge in [0, 0.05) is 6.54 Å². The fourth-order valence-electron chi connectivity index (χ4n) is 2.30. The molecule has 16 heteroatoms. The Morgan fingerprint density at radius 1 is 0.694 bits per heavy atom. The van der Waals surface area contributed by atoms with Gasteiger partial charge in [-0.1, -0.05) is 0 Å². The third-order valence-electron chi connectivity index (χ3n) is 3.94. The third-order valence-corrected chi connectivity index (χ3v) is 3.94. The predicted octanol–water partition coefficient (Wildman–Crippen LogP) is -3.53. The van der Waals surface area contributed by atoms with Gasteiger partial charge in [-0.25, -0.2) is 0 Å². The molecule has 0 aromatic rings. The van der Waals surface area contributed by atoms with E-state index < -0.39 is 55.2 Å². The van der Waals surface area contributed by atoms with Crippen LogP contribution in [0.2, 0.25) is 0 Å². The van der Waals surface area contributed by atoms with Gasteiger partial charge in [0.05, 0.1) is 78.8 Å². The van der Waals surface area contributed by atoms with Gasteiger partial charge in [0.15, 0.2) is 0 Å². The number of carbonyl (C=O) groups is 6. The van der Waals surface area contributed by atoms with E-state index in [2.05, 4.69) is 21.3 Å². The Kier molecular flexibility index (Phi) is 20.1. The van der Waals surface area contributed by atoms with Crippen LogP contribution in [0.3, 0.4) is 0 Å². The minimum absolute atomic E-state index is 0.0531. The summed E-state index contributed by atoms with van der Waals surface area (Å²) < 4.78 is 20.9. The second-order valence-corrected chi connectivity index (χ2v) is 6.88. The largest absolute Gasteiger partial charge is 0.481 e. The van der Waals surface area contributed by atoms with Crippen LogP contribution in [0.5, 0.6) is 0 Å². The van der Waals surface area contributed by atoms with Gasteiger partial charge in [0.1, 0.15) is 6.04 Å². The number of carboxylic acids is 2. The zero-order chi connectivity index (χ0) is 27.0. The first-order valence-corrected chi connectivity index (χ1v) is 11.0. The fraction of sp³-hybridized carbons (Fsp3) is 0.700. The minimum Gasteiger partial charge on any atom is -0.481 e. The molecular formula is C20H34N4O12. The smallest absolute Gasteiger partial charge is 0.305 e. The van der Waals surface area contributed by atoms with E-state index >= 15 is 0 Å². The number of amides is 4. The summed E-state index contributed by atoms with van der Waals surface area (Å²) in [5.41, 5.74) is 0. The van der Waals surface area contributed by atoms with Gasteiger partial charge in [-0.2, -0.15) is 0 Å². The van der Waals surface area contributed by atoms with Crippen LogP contribution in [-0.2, 0) is 47.7 Å². The van der Waals surface area contributed by atoms with Crippen molar-refractivity contribution in [2.45, 2.75) is 18.9 Å². The molecule has 36 heavy (non-hydrogen) atoms. The maximum absolute atomic E-state index is 12.1. The highest BCUT2D eigenvalue weighted by Gasteiger charge is 2.23. The van der Waals surface area contributed by atoms with Crippen LogP contribution >= 0.6 is 0 Å². The van der Waals surface area contributed by atoms with Gasteiger partial charge >= 0.3 is 11.9 Å². The van der Waals surface area contributed by atoms with E-state index in [9.17, 15) is 28.8 Å². The molecule has 0 fully saturated rings. The van der Waals surface area contributed by atoms with Crippen molar-refractivity contribution in [3.8, 4) is 0 Å². The lowest BCUT2D eigenvalue weighted by molar-refractivity contribution is -0.141. The lowest BCUT2D eigenvalue weighted by Gasteiger charge is -2.16. The van der Waals surface area contributed by atoms with Crippen LogP contribution < -0.4 is 21.3 Å². The summed E-state index contributed by atoms with van der Waals surface area (Å²) >= 11 is 0. The summed E-state index contributed by atoms with van der Waals surface area (Å²) in [6.45, 7) is 1.51. The van der Waals surface area contributed by atoms with E-state index in [1.165, 1.54) is 0 Å². The Morgan fingerprint density at radius 2 is 1.25 bits per heavy atom. The standard InChI is InChI=1S/C20H34N4O12/c25-14-21-12-17(27)24-15(11-19(30)31)20(32)23-13-16(26)22-2-4-34-6-8-36-10-9-35-7-5-33-3-1-18(28)29/h14-15H,1-13H2,(H,21,25)(H,22,26)(H,23,32)(H,24,27)(H,28,29)(H,30,31). The van der Waals surface area contributed by atoms with Crippen LogP contribution in [0.25, 0.3) is 0 Å². The predicted molar refractivity (Wildman–Crippen MR) is 120 cm³/mol. The average Bonchev–Trinajstić information content (AvgIpc) is 2.82. The number of ether oxygens (including phenoxy) is 4. The molecule has 0 rings (SSSR count). The van der Waals surface area contributed by atoms with Crippen LogP contribution in [-0.4, -0.2) is 125 Å². The molecule has 0 aliphatic heterocycles. The molecule has 6 N–H and O–H groups in total. The zero-order valence-corrected chi connectivity index (χ0v) is 19.8. The van der Waals surface area contributed by atoms with Crippen molar-refractivity contribution < 1.29 is 57.9 Å². The normalized spacial score (nSPS) is 11.2. The summed E-state index contributed by atoms with van der Waals surface area (Å²) in [5.74, 6) is -4.43. The number of carbonyl (C=O) groups excluding carboxylic acids is 4. The number of nitrogens with one attached hydrogen (secondary N) is 4. The highest BCUT2D eigenvalue weighted by Crippen LogP contribution is 1.93. The van der Waals surface area contributed by atoms with Crippen LogP contribution in [0.4, 0.5) is 0 Å². The topological polar surface area (TPSA) is 228 Å². The lowest BCUT2D eigenvalue weighted by Crippen LogP contribution is -2.51. The van der Waals surface area contributed by atoms with Crippen molar-refractivity contribution in [2.24, 2.45) is 0 Å². The molecule has 0 aromatic carbocycles. The van der Waals surface area contributed by atoms with E-state index in [4.69, 9.17) is 29.2 Å². The lowest BCUT2D eigenvalue weighted by atomic mass is 10.2. The fourth-order valence-corrected chi connectivity index (χ4v) is 2.30. The monoisotopic (exact) mass is 522 g/mol. The molecule has 0 aliphatic carbocycles. The number of aliphatic carboxylic acids is 2. The van der Waals surface area contributed by atoms with E-state index in [1.54, 1.807) is 0 Å². The Bertz CT molecular complexity index is 692. The molecule has 1 atom stereocenters. The number of carboxylic acid groups (broad SMARTS) is 2. The van der Waals surface area contributed by atoms with Crippen molar-refractivity contribution in [2.75, 3.05) is 72.5 Å². The van der Waals surface area contributed by atoms with Crippen LogP contribution in [0.1, 0.15) is 12.8 Å². The second-order valence-electron chi connectivity index (χ2n) is 6.88. The maximum Gasteiger partial charge on any atom is 0.305 e. The van der Waals surface area contributed by atoms with Gasteiger partial charge < -0.3 is 50.4 Å². The first kappa shape index (κ1) is 32.7. The molecule has 0 saturated heterocycles. The molecule has 0 heterocycles.